The standard InChI is InChI=1S/C21H24F3N5O2/c1-4-12(3)29-10-14(9-26-29)27-16(5-2)18-15-8-13(6-7-17(15)28-20(18)31)19(30)25-11-21(22,23)24/h6-10,12,28,31H,4-5,11H2,1-3H3,(H,25,30). The second-order valence-corrected chi connectivity index (χ2v) is 7.25. The average Bonchev–Trinajstić information content (AvgIpc) is 3.32. The summed E-state index contributed by atoms with van der Waals surface area (Å²) in [5.74, 6) is -0.978. The molecule has 0 aliphatic carbocycles. The molecule has 1 aromatic carbocycles. The number of benzene rings is 1. The van der Waals surface area contributed by atoms with Gasteiger partial charge in [0.25, 0.3) is 5.91 Å². The molecule has 7 nitrogen and oxygen atoms in total. The number of amides is 1. The van der Waals surface area contributed by atoms with Gasteiger partial charge >= 0.3 is 6.18 Å². The minimum absolute atomic E-state index is 0.0528. The highest BCUT2D eigenvalue weighted by Gasteiger charge is 2.28. The van der Waals surface area contributed by atoms with Gasteiger partial charge in [-0.15, -0.1) is 0 Å². The number of halogens is 3. The first-order chi connectivity index (χ1) is 14.6. The van der Waals surface area contributed by atoms with Crippen molar-refractivity contribution < 1.29 is 23.1 Å². The van der Waals surface area contributed by atoms with E-state index in [0.29, 0.717) is 34.3 Å². The van der Waals surface area contributed by atoms with E-state index in [2.05, 4.69) is 22.0 Å². The number of carbonyl (C=O) groups excluding carboxylic acids is 1. The van der Waals surface area contributed by atoms with Gasteiger partial charge in [0.05, 0.1) is 23.7 Å². The maximum Gasteiger partial charge on any atom is 0.405 e. The largest absolute Gasteiger partial charge is 0.494 e. The zero-order valence-corrected chi connectivity index (χ0v) is 17.4. The van der Waals surface area contributed by atoms with Gasteiger partial charge < -0.3 is 15.4 Å². The average molecular weight is 435 g/mol. The van der Waals surface area contributed by atoms with E-state index in [4.69, 9.17) is 0 Å². The first-order valence-corrected chi connectivity index (χ1v) is 9.94. The topological polar surface area (TPSA) is 95.3 Å². The molecule has 0 saturated heterocycles. The molecule has 0 spiro atoms. The Balaban J connectivity index is 1.98. The lowest BCUT2D eigenvalue weighted by Gasteiger charge is -2.09. The molecule has 31 heavy (non-hydrogen) atoms. The predicted octanol–water partition coefficient (Wildman–Crippen LogP) is 4.86. The van der Waals surface area contributed by atoms with Gasteiger partial charge in [-0.25, -0.2) is 4.99 Å². The molecule has 2 heterocycles. The summed E-state index contributed by atoms with van der Waals surface area (Å²) in [6.07, 6.45) is 0.321. The number of fused-ring (bicyclic) bond motifs is 1. The van der Waals surface area contributed by atoms with Crippen LogP contribution in [0, 0.1) is 0 Å². The van der Waals surface area contributed by atoms with Crippen molar-refractivity contribution in [3.8, 4) is 5.88 Å². The van der Waals surface area contributed by atoms with Crippen LogP contribution in [-0.2, 0) is 0 Å². The molecule has 2 aromatic heterocycles. The Morgan fingerprint density at radius 3 is 2.74 bits per heavy atom. The Hall–Kier alpha value is -3.30. The van der Waals surface area contributed by atoms with Gasteiger partial charge in [-0.05, 0) is 38.0 Å². The maximum absolute atomic E-state index is 12.4. The van der Waals surface area contributed by atoms with Gasteiger partial charge in [-0.1, -0.05) is 13.8 Å². The molecule has 10 heteroatoms. The van der Waals surface area contributed by atoms with E-state index in [9.17, 15) is 23.1 Å². The molecule has 1 unspecified atom stereocenters. The van der Waals surface area contributed by atoms with Gasteiger partial charge in [0.1, 0.15) is 12.2 Å². The molecule has 1 atom stereocenters. The van der Waals surface area contributed by atoms with E-state index in [1.54, 1.807) is 6.20 Å². The molecule has 0 fully saturated rings. The van der Waals surface area contributed by atoms with Crippen molar-refractivity contribution >= 4 is 28.2 Å². The number of rotatable bonds is 7. The highest BCUT2D eigenvalue weighted by molar-refractivity contribution is 6.14. The molecule has 0 saturated carbocycles. The Labute approximate surface area is 177 Å². The summed E-state index contributed by atoms with van der Waals surface area (Å²) in [5, 5.41) is 17.1. The maximum atomic E-state index is 12.4. The van der Waals surface area contributed by atoms with Crippen molar-refractivity contribution in [1.82, 2.24) is 20.1 Å². The number of hydrogen-bond donors (Lipinski definition) is 3. The van der Waals surface area contributed by atoms with E-state index in [1.807, 2.05) is 30.0 Å². The number of nitrogens with zero attached hydrogens (tertiary/aromatic N) is 3. The van der Waals surface area contributed by atoms with E-state index in [-0.39, 0.29) is 17.5 Å². The Morgan fingerprint density at radius 1 is 1.35 bits per heavy atom. The molecule has 0 bridgehead atoms. The number of alkyl halides is 3. The molecule has 0 aliphatic rings. The monoisotopic (exact) mass is 435 g/mol. The van der Waals surface area contributed by atoms with Crippen LogP contribution in [-0.4, -0.2) is 44.2 Å². The predicted molar refractivity (Wildman–Crippen MR) is 112 cm³/mol. The molecule has 1 amide bonds. The fourth-order valence-corrected chi connectivity index (χ4v) is 3.18. The van der Waals surface area contributed by atoms with Gasteiger partial charge in [0.2, 0.25) is 0 Å². The fourth-order valence-electron chi connectivity index (χ4n) is 3.18. The van der Waals surface area contributed by atoms with Gasteiger partial charge in [-0.2, -0.15) is 18.3 Å². The van der Waals surface area contributed by atoms with E-state index in [0.717, 1.165) is 6.42 Å². The Morgan fingerprint density at radius 2 is 2.10 bits per heavy atom. The highest BCUT2D eigenvalue weighted by atomic mass is 19.4. The molecule has 3 aromatic rings. The second kappa shape index (κ2) is 8.83. The van der Waals surface area contributed by atoms with Crippen LogP contribution < -0.4 is 5.32 Å². The van der Waals surface area contributed by atoms with Gasteiger partial charge in [0, 0.05) is 22.5 Å². The lowest BCUT2D eigenvalue weighted by atomic mass is 10.0. The van der Waals surface area contributed by atoms with Crippen molar-refractivity contribution in [2.75, 3.05) is 6.54 Å². The number of carbonyl (C=O) groups is 1. The zero-order valence-electron chi connectivity index (χ0n) is 17.4. The van der Waals surface area contributed by atoms with Crippen LogP contribution in [0.25, 0.3) is 10.9 Å². The number of nitrogens with one attached hydrogen (secondary N) is 2. The van der Waals surface area contributed by atoms with Crippen LogP contribution in [0.4, 0.5) is 18.9 Å². The normalized spacial score (nSPS) is 13.5. The molecule has 3 N–H and O–H groups in total. The van der Waals surface area contributed by atoms with Crippen molar-refractivity contribution in [3.05, 3.63) is 41.7 Å². The summed E-state index contributed by atoms with van der Waals surface area (Å²) in [6, 6.07) is 4.59. The van der Waals surface area contributed by atoms with Gasteiger partial charge in [-0.3, -0.25) is 9.48 Å². The summed E-state index contributed by atoms with van der Waals surface area (Å²) >= 11 is 0. The number of aromatic amines is 1. The molecular weight excluding hydrogens is 411 g/mol. The smallest absolute Gasteiger partial charge is 0.405 e. The molecule has 166 valence electrons. The minimum Gasteiger partial charge on any atom is -0.494 e. The van der Waals surface area contributed by atoms with Crippen LogP contribution in [0.2, 0.25) is 0 Å². The Kier molecular flexibility index (Phi) is 6.37. The molecular formula is C21H24F3N5O2. The number of H-pyrrole nitrogens is 1. The van der Waals surface area contributed by atoms with Crippen molar-refractivity contribution in [3.63, 3.8) is 0 Å². The number of aliphatic imine (C=N–C) groups is 1. The fraction of sp³-hybridized carbons (Fsp3) is 0.381. The van der Waals surface area contributed by atoms with E-state index < -0.39 is 18.6 Å². The summed E-state index contributed by atoms with van der Waals surface area (Å²) in [6.45, 7) is 4.55. The first-order valence-electron chi connectivity index (χ1n) is 9.94. The Bertz CT molecular complexity index is 1110. The van der Waals surface area contributed by atoms with E-state index in [1.165, 1.54) is 18.2 Å². The lowest BCUT2D eigenvalue weighted by molar-refractivity contribution is -0.123. The van der Waals surface area contributed by atoms with Crippen LogP contribution >= 0.6 is 0 Å². The SMILES string of the molecule is CCC(=Nc1cnn(C(C)CC)c1)c1c(O)[nH]c2ccc(C(=O)NCC(F)(F)F)cc12. The third-order valence-corrected chi connectivity index (χ3v) is 5.01. The van der Waals surface area contributed by atoms with Crippen molar-refractivity contribution in [1.29, 1.82) is 0 Å². The van der Waals surface area contributed by atoms with Crippen LogP contribution in [0.1, 0.15) is 55.6 Å². The number of aromatic hydroxyl groups is 1. The summed E-state index contributed by atoms with van der Waals surface area (Å²) in [4.78, 5) is 19.6. The molecule has 3 rings (SSSR count). The first kappa shape index (κ1) is 22.4. The van der Waals surface area contributed by atoms with Crippen molar-refractivity contribution in [2.24, 2.45) is 4.99 Å². The summed E-state index contributed by atoms with van der Waals surface area (Å²) < 4.78 is 39.0. The van der Waals surface area contributed by atoms with Gasteiger partial charge in [0.15, 0.2) is 5.88 Å². The second-order valence-electron chi connectivity index (χ2n) is 7.25. The summed E-state index contributed by atoms with van der Waals surface area (Å²) in [5.41, 5.74) is 2.16. The van der Waals surface area contributed by atoms with E-state index >= 15 is 0 Å². The van der Waals surface area contributed by atoms with Crippen LogP contribution in [0.5, 0.6) is 5.88 Å². The zero-order chi connectivity index (χ0) is 22.8. The third-order valence-electron chi connectivity index (χ3n) is 5.01. The quantitative estimate of drug-likeness (QED) is 0.462. The number of aromatic nitrogens is 3. The molecule has 0 radical (unpaired) electrons. The van der Waals surface area contributed by atoms with Crippen LogP contribution in [0.15, 0.2) is 35.6 Å². The lowest BCUT2D eigenvalue weighted by Crippen LogP contribution is -2.33. The number of hydrogen-bond acceptors (Lipinski definition) is 4. The van der Waals surface area contributed by atoms with Crippen LogP contribution in [0.3, 0.4) is 0 Å². The van der Waals surface area contributed by atoms with Crippen molar-refractivity contribution in [2.45, 2.75) is 45.8 Å². The molecule has 0 aliphatic heterocycles. The third kappa shape index (κ3) is 5.07. The highest BCUT2D eigenvalue weighted by Crippen LogP contribution is 2.31. The summed E-state index contributed by atoms with van der Waals surface area (Å²) in [7, 11) is 0. The minimum atomic E-state index is -4.50.